The molecule has 0 bridgehead atoms. The Bertz CT molecular complexity index is 577. The zero-order chi connectivity index (χ0) is 23.8. The zero-order valence-corrected chi connectivity index (χ0v) is 23.7. The van der Waals surface area contributed by atoms with Crippen LogP contribution in [0.1, 0.15) is 72.8 Å². The smallest absolute Gasteiger partial charge is 0.372 e. The summed E-state index contributed by atoms with van der Waals surface area (Å²) in [5.41, 5.74) is 1.30. The molecule has 1 aromatic rings. The first-order chi connectivity index (χ1) is 15.4. The summed E-state index contributed by atoms with van der Waals surface area (Å²) >= 11 is 0. The van der Waals surface area contributed by atoms with Gasteiger partial charge in [-0.05, 0) is 64.8 Å². The summed E-state index contributed by atoms with van der Waals surface area (Å²) in [5.74, 6) is 0. The van der Waals surface area contributed by atoms with Crippen LogP contribution in [0.4, 0.5) is 0 Å². The van der Waals surface area contributed by atoms with Gasteiger partial charge in [0.25, 0.3) is 0 Å². The van der Waals surface area contributed by atoms with Crippen LogP contribution in [0.15, 0.2) is 43.1 Å². The minimum Gasteiger partial charge on any atom is -0.372 e. The fourth-order valence-electron chi connectivity index (χ4n) is 3.26. The molecule has 0 aliphatic carbocycles. The second-order valence-corrected chi connectivity index (χ2v) is 11.3. The molecule has 1 N–H and O–H groups in total. The van der Waals surface area contributed by atoms with Crippen LogP contribution in [-0.4, -0.2) is 51.7 Å². The van der Waals surface area contributed by atoms with E-state index in [0.29, 0.717) is 0 Å². The number of benzene rings is 1. The highest BCUT2D eigenvalue weighted by atomic mass is 35.5. The predicted molar refractivity (Wildman–Crippen MR) is 145 cm³/mol. The van der Waals surface area contributed by atoms with E-state index >= 15 is 0 Å². The minimum absolute atomic E-state index is 0. The molecule has 33 heavy (non-hydrogen) atoms. The summed E-state index contributed by atoms with van der Waals surface area (Å²) in [6.07, 6.45) is 6.19. The molecule has 5 nitrogen and oxygen atoms in total. The van der Waals surface area contributed by atoms with E-state index in [2.05, 4.69) is 82.6 Å². The van der Waals surface area contributed by atoms with E-state index in [0.717, 1.165) is 57.9 Å². The molecule has 0 aliphatic heterocycles. The van der Waals surface area contributed by atoms with Crippen LogP contribution in [0, 0.1) is 0 Å². The van der Waals surface area contributed by atoms with Gasteiger partial charge in [0, 0.05) is 44.0 Å². The third-order valence-electron chi connectivity index (χ3n) is 5.77. The van der Waals surface area contributed by atoms with Gasteiger partial charge >= 0.3 is 8.80 Å². The van der Waals surface area contributed by atoms with E-state index in [1.807, 2.05) is 12.3 Å². The normalized spacial score (nSPS) is 15.7. The summed E-state index contributed by atoms with van der Waals surface area (Å²) in [6, 6.07) is 11.4. The van der Waals surface area contributed by atoms with Gasteiger partial charge in [0.05, 0.1) is 0 Å². The Hall–Kier alpha value is -0.893. The van der Waals surface area contributed by atoms with Crippen LogP contribution in [-0.2, 0) is 19.8 Å². The van der Waals surface area contributed by atoms with Crippen LogP contribution < -0.4 is 5.32 Å². The molecule has 0 spiro atoms. The molecule has 3 atom stereocenters. The summed E-state index contributed by atoms with van der Waals surface area (Å²) in [4.78, 5) is 2.24. The maximum Gasteiger partial charge on any atom is 0.501 e. The predicted octanol–water partition coefficient (Wildman–Crippen LogP) is 6.42. The molecule has 3 unspecified atom stereocenters. The van der Waals surface area contributed by atoms with Gasteiger partial charge in [0.2, 0.25) is 0 Å². The molecular formula is C26H49ClN2O3Si. The summed E-state index contributed by atoms with van der Waals surface area (Å²) in [6.45, 7) is 20.4. The van der Waals surface area contributed by atoms with Crippen molar-refractivity contribution in [3.05, 3.63) is 48.7 Å². The largest absolute Gasteiger partial charge is 0.501 e. The maximum absolute atomic E-state index is 6.51. The molecule has 1 rings (SSSR count). The van der Waals surface area contributed by atoms with Crippen molar-refractivity contribution in [2.24, 2.45) is 0 Å². The van der Waals surface area contributed by atoms with E-state index in [4.69, 9.17) is 13.3 Å². The fourth-order valence-corrected chi connectivity index (χ4v) is 6.73. The second-order valence-electron chi connectivity index (χ2n) is 8.69. The van der Waals surface area contributed by atoms with Crippen molar-refractivity contribution >= 4 is 21.2 Å². The lowest BCUT2D eigenvalue weighted by atomic mass is 10.2. The van der Waals surface area contributed by atoms with Crippen LogP contribution in [0.25, 0.3) is 0 Å². The first-order valence-electron chi connectivity index (χ1n) is 12.5. The average molecular weight is 501 g/mol. The van der Waals surface area contributed by atoms with Gasteiger partial charge < -0.3 is 23.5 Å². The summed E-state index contributed by atoms with van der Waals surface area (Å²) in [5, 5.41) is 3.58. The molecular weight excluding hydrogens is 452 g/mol. The fraction of sp³-hybridized carbons (Fsp3) is 0.692. The van der Waals surface area contributed by atoms with Crippen LogP contribution >= 0.6 is 12.4 Å². The van der Waals surface area contributed by atoms with Crippen molar-refractivity contribution in [2.75, 3.05) is 19.6 Å². The zero-order valence-electron chi connectivity index (χ0n) is 21.8. The van der Waals surface area contributed by atoms with Crippen molar-refractivity contribution in [1.29, 1.82) is 0 Å². The van der Waals surface area contributed by atoms with Gasteiger partial charge in [-0.3, -0.25) is 0 Å². The van der Waals surface area contributed by atoms with Crippen LogP contribution in [0.5, 0.6) is 0 Å². The molecule has 0 fully saturated rings. The Kier molecular flexibility index (Phi) is 17.9. The van der Waals surface area contributed by atoms with Crippen molar-refractivity contribution in [3.63, 3.8) is 0 Å². The highest BCUT2D eigenvalue weighted by Gasteiger charge is 2.44. The lowest BCUT2D eigenvalue weighted by Crippen LogP contribution is -2.51. The SMILES string of the molecule is C=CN(CCNCCC[Si](OC(C)CC)(OC(C)CC)OC(C)CC)Cc1ccccc1.Cl. The third kappa shape index (κ3) is 13.5. The lowest BCUT2D eigenvalue weighted by molar-refractivity contribution is -0.0110. The Labute approximate surface area is 211 Å². The van der Waals surface area contributed by atoms with E-state index in [1.54, 1.807) is 0 Å². The van der Waals surface area contributed by atoms with E-state index in [1.165, 1.54) is 5.56 Å². The van der Waals surface area contributed by atoms with Crippen molar-refractivity contribution < 1.29 is 13.3 Å². The van der Waals surface area contributed by atoms with E-state index in [-0.39, 0.29) is 30.7 Å². The van der Waals surface area contributed by atoms with Crippen LogP contribution in [0.3, 0.4) is 0 Å². The van der Waals surface area contributed by atoms with Gasteiger partial charge in [0.1, 0.15) is 0 Å². The monoisotopic (exact) mass is 500 g/mol. The first-order valence-corrected chi connectivity index (χ1v) is 14.5. The Morgan fingerprint density at radius 1 is 0.909 bits per heavy atom. The van der Waals surface area contributed by atoms with Gasteiger partial charge in [-0.25, -0.2) is 0 Å². The van der Waals surface area contributed by atoms with Gasteiger partial charge in [-0.15, -0.1) is 12.4 Å². The molecule has 192 valence electrons. The summed E-state index contributed by atoms with van der Waals surface area (Å²) in [7, 11) is -2.75. The van der Waals surface area contributed by atoms with E-state index < -0.39 is 8.80 Å². The molecule has 1 aromatic carbocycles. The Balaban J connectivity index is 0.0000102. The highest BCUT2D eigenvalue weighted by molar-refractivity contribution is 6.60. The number of rotatable bonds is 19. The lowest BCUT2D eigenvalue weighted by Gasteiger charge is -2.36. The molecule has 0 radical (unpaired) electrons. The van der Waals surface area contributed by atoms with Crippen molar-refractivity contribution in [2.45, 2.75) is 98.1 Å². The second kappa shape index (κ2) is 18.4. The number of halogens is 1. The Morgan fingerprint density at radius 2 is 1.42 bits per heavy atom. The molecule has 0 amide bonds. The van der Waals surface area contributed by atoms with Gasteiger partial charge in [0.15, 0.2) is 0 Å². The quantitative estimate of drug-likeness (QED) is 0.175. The van der Waals surface area contributed by atoms with Crippen molar-refractivity contribution in [1.82, 2.24) is 10.2 Å². The van der Waals surface area contributed by atoms with Gasteiger partial charge in [-0.1, -0.05) is 57.7 Å². The number of hydrogen-bond donors (Lipinski definition) is 1. The molecule has 0 aliphatic rings. The number of nitrogens with one attached hydrogen (secondary N) is 1. The third-order valence-corrected chi connectivity index (χ3v) is 9.02. The number of nitrogens with zero attached hydrogens (tertiary/aromatic N) is 1. The summed E-state index contributed by atoms with van der Waals surface area (Å²) < 4.78 is 19.5. The van der Waals surface area contributed by atoms with E-state index in [9.17, 15) is 0 Å². The molecule has 0 heterocycles. The topological polar surface area (TPSA) is 43.0 Å². The highest BCUT2D eigenvalue weighted by Crippen LogP contribution is 2.25. The molecule has 0 saturated carbocycles. The van der Waals surface area contributed by atoms with Crippen LogP contribution in [0.2, 0.25) is 6.04 Å². The minimum atomic E-state index is -2.75. The molecule has 7 heteroatoms. The standard InChI is InChI=1S/C26H48N2O3Si.ClH/c1-8-23(5)29-32(30-24(6)9-2,31-25(7)10-3)21-15-18-27-19-20-28(11-4)22-26-16-13-12-14-17-26;/h11-14,16-17,23-25,27H,4,8-10,15,18-22H2,1-3,5-7H3;1H. The molecule has 0 saturated heterocycles. The number of hydrogen-bond acceptors (Lipinski definition) is 5. The first kappa shape index (κ1) is 32.1. The average Bonchev–Trinajstić information content (AvgIpc) is 2.80. The Morgan fingerprint density at radius 3 is 1.88 bits per heavy atom. The maximum atomic E-state index is 6.51. The molecule has 0 aromatic heterocycles. The van der Waals surface area contributed by atoms with Gasteiger partial charge in [-0.2, -0.15) is 0 Å². The van der Waals surface area contributed by atoms with Crippen molar-refractivity contribution in [3.8, 4) is 0 Å².